The number of likely N-dealkylation sites (tertiary alicyclic amines) is 1. The maximum absolute atomic E-state index is 11.9. The van der Waals surface area contributed by atoms with Crippen molar-refractivity contribution < 1.29 is 19.4 Å². The molecule has 0 aromatic carbocycles. The highest BCUT2D eigenvalue weighted by atomic mass is 16.6. The Balaban J connectivity index is 2.70. The number of amides is 1. The molecule has 0 spiro atoms. The Hall–Kier alpha value is -1.30. The van der Waals surface area contributed by atoms with Gasteiger partial charge in [0.15, 0.2) is 0 Å². The molecule has 1 aliphatic heterocycles. The maximum Gasteiger partial charge on any atom is 0.408 e. The van der Waals surface area contributed by atoms with Gasteiger partial charge in [-0.05, 0) is 40.7 Å². The number of carboxylic acid groups (broad SMARTS) is 1. The Morgan fingerprint density at radius 2 is 1.84 bits per heavy atom. The number of ether oxygens (including phenoxy) is 1. The fraction of sp³-hybridized carbons (Fsp3) is 0.846. The summed E-state index contributed by atoms with van der Waals surface area (Å²) in [5, 5.41) is 11.8. The largest absolute Gasteiger partial charge is 0.481 e. The van der Waals surface area contributed by atoms with Gasteiger partial charge in [-0.2, -0.15) is 0 Å². The first-order valence-corrected chi connectivity index (χ1v) is 6.53. The van der Waals surface area contributed by atoms with Crippen LogP contribution < -0.4 is 5.32 Å². The predicted octanol–water partition coefficient (Wildman–Crippen LogP) is 1.45. The minimum atomic E-state index is -0.902. The number of rotatable bonds is 3. The Kier molecular flexibility index (Phi) is 4.79. The molecule has 0 aromatic rings. The maximum atomic E-state index is 11.9. The van der Waals surface area contributed by atoms with E-state index in [1.165, 1.54) is 0 Å². The van der Waals surface area contributed by atoms with Crippen molar-refractivity contribution in [1.29, 1.82) is 0 Å². The van der Waals surface area contributed by atoms with Gasteiger partial charge in [-0.1, -0.05) is 0 Å². The third-order valence-corrected chi connectivity index (χ3v) is 3.20. The number of carbonyl (C=O) groups excluding carboxylic acids is 1. The van der Waals surface area contributed by atoms with Crippen LogP contribution in [0.3, 0.4) is 0 Å². The molecule has 1 fully saturated rings. The molecule has 1 aliphatic rings. The highest BCUT2D eigenvalue weighted by molar-refractivity contribution is 5.73. The lowest BCUT2D eigenvalue weighted by Gasteiger charge is -2.40. The van der Waals surface area contributed by atoms with Gasteiger partial charge in [-0.25, -0.2) is 4.79 Å². The smallest absolute Gasteiger partial charge is 0.408 e. The molecule has 0 radical (unpaired) electrons. The Morgan fingerprint density at radius 3 is 2.26 bits per heavy atom. The Labute approximate surface area is 114 Å². The van der Waals surface area contributed by atoms with E-state index in [0.29, 0.717) is 12.8 Å². The second-order valence-corrected chi connectivity index (χ2v) is 6.28. The molecule has 1 heterocycles. The zero-order valence-electron chi connectivity index (χ0n) is 12.2. The van der Waals surface area contributed by atoms with E-state index in [1.54, 1.807) is 20.8 Å². The van der Waals surface area contributed by atoms with Crippen LogP contribution >= 0.6 is 0 Å². The Bertz CT molecular complexity index is 341. The fourth-order valence-electron chi connectivity index (χ4n) is 2.20. The first-order valence-electron chi connectivity index (χ1n) is 6.53. The first-order chi connectivity index (χ1) is 8.62. The van der Waals surface area contributed by atoms with Crippen LogP contribution in [-0.2, 0) is 9.53 Å². The summed E-state index contributed by atoms with van der Waals surface area (Å²) >= 11 is 0. The lowest BCUT2D eigenvalue weighted by molar-refractivity contribution is -0.139. The number of aliphatic carboxylic acids is 1. The topological polar surface area (TPSA) is 78.9 Å². The number of nitrogens with one attached hydrogen (secondary N) is 1. The van der Waals surface area contributed by atoms with Gasteiger partial charge in [-0.15, -0.1) is 0 Å². The van der Waals surface area contributed by atoms with Crippen LogP contribution in [0.25, 0.3) is 0 Å². The number of nitrogens with zero attached hydrogens (tertiary/aromatic N) is 1. The lowest BCUT2D eigenvalue weighted by atomic mass is 9.84. The molecule has 19 heavy (non-hydrogen) atoms. The monoisotopic (exact) mass is 272 g/mol. The zero-order valence-corrected chi connectivity index (χ0v) is 12.2. The van der Waals surface area contributed by atoms with Crippen LogP contribution in [0, 0.1) is 0 Å². The van der Waals surface area contributed by atoms with Crippen molar-refractivity contribution in [2.45, 2.75) is 51.2 Å². The van der Waals surface area contributed by atoms with Crippen molar-refractivity contribution in [1.82, 2.24) is 10.2 Å². The number of piperidine rings is 1. The van der Waals surface area contributed by atoms with Crippen molar-refractivity contribution in [2.75, 3.05) is 20.1 Å². The summed E-state index contributed by atoms with van der Waals surface area (Å²) in [6.45, 7) is 6.88. The molecule has 0 unspecified atom stereocenters. The van der Waals surface area contributed by atoms with Crippen LogP contribution in [-0.4, -0.2) is 53.3 Å². The summed E-state index contributed by atoms with van der Waals surface area (Å²) in [7, 11) is 1.98. The van der Waals surface area contributed by atoms with Crippen LogP contribution in [0.2, 0.25) is 0 Å². The van der Waals surface area contributed by atoms with Crippen molar-refractivity contribution in [3.8, 4) is 0 Å². The van der Waals surface area contributed by atoms with Crippen LogP contribution in [0.4, 0.5) is 4.79 Å². The average molecular weight is 272 g/mol. The van der Waals surface area contributed by atoms with Gasteiger partial charge in [0.25, 0.3) is 0 Å². The summed E-state index contributed by atoms with van der Waals surface area (Å²) in [6, 6.07) is 0. The molecule has 1 amide bonds. The normalized spacial score (nSPS) is 19.8. The summed E-state index contributed by atoms with van der Waals surface area (Å²) in [4.78, 5) is 25.0. The van der Waals surface area contributed by atoms with E-state index < -0.39 is 23.2 Å². The summed E-state index contributed by atoms with van der Waals surface area (Å²) < 4.78 is 5.22. The minimum absolute atomic E-state index is 0.0694. The molecule has 6 nitrogen and oxygen atoms in total. The number of hydrogen-bond acceptors (Lipinski definition) is 4. The molecule has 0 aromatic heterocycles. The Morgan fingerprint density at radius 1 is 1.32 bits per heavy atom. The van der Waals surface area contributed by atoms with Crippen molar-refractivity contribution in [3.63, 3.8) is 0 Å². The number of carbonyl (C=O) groups is 2. The summed E-state index contributed by atoms with van der Waals surface area (Å²) in [6.07, 6.45) is 0.628. The van der Waals surface area contributed by atoms with Gasteiger partial charge in [0.2, 0.25) is 0 Å². The lowest BCUT2D eigenvalue weighted by Crippen LogP contribution is -2.56. The van der Waals surface area contributed by atoms with Crippen LogP contribution in [0.1, 0.15) is 40.0 Å². The molecule has 0 saturated carbocycles. The molecular formula is C13H24N2O4. The van der Waals surface area contributed by atoms with E-state index in [0.717, 1.165) is 13.1 Å². The van der Waals surface area contributed by atoms with Gasteiger partial charge >= 0.3 is 12.1 Å². The van der Waals surface area contributed by atoms with Crippen molar-refractivity contribution in [3.05, 3.63) is 0 Å². The fourth-order valence-corrected chi connectivity index (χ4v) is 2.20. The molecule has 110 valence electrons. The molecule has 6 heteroatoms. The third kappa shape index (κ3) is 5.46. The average Bonchev–Trinajstić information content (AvgIpc) is 2.18. The second kappa shape index (κ2) is 5.77. The van der Waals surface area contributed by atoms with E-state index in [2.05, 4.69) is 10.2 Å². The van der Waals surface area contributed by atoms with E-state index in [4.69, 9.17) is 9.84 Å². The SMILES string of the molecule is CN1CCC(CC(=O)O)(NC(=O)OC(C)(C)C)CC1. The standard InChI is InChI=1S/C13H24N2O4/c1-12(2,3)19-11(18)14-13(9-10(16)17)5-7-15(4)8-6-13/h5-9H2,1-4H3,(H,14,18)(H,16,17). The second-order valence-electron chi connectivity index (χ2n) is 6.28. The number of carboxylic acids is 1. The first kappa shape index (κ1) is 15.8. The number of hydrogen-bond donors (Lipinski definition) is 2. The van der Waals surface area contributed by atoms with Gasteiger partial charge < -0.3 is 20.1 Å². The molecule has 1 saturated heterocycles. The quantitative estimate of drug-likeness (QED) is 0.813. The molecule has 0 atom stereocenters. The van der Waals surface area contributed by atoms with Gasteiger partial charge in [0.1, 0.15) is 5.60 Å². The van der Waals surface area contributed by atoms with Gasteiger partial charge in [0, 0.05) is 13.1 Å². The van der Waals surface area contributed by atoms with Crippen LogP contribution in [0.5, 0.6) is 0 Å². The highest BCUT2D eigenvalue weighted by Gasteiger charge is 2.38. The molecule has 1 rings (SSSR count). The van der Waals surface area contributed by atoms with Crippen molar-refractivity contribution >= 4 is 12.1 Å². The van der Waals surface area contributed by atoms with E-state index in [-0.39, 0.29) is 6.42 Å². The highest BCUT2D eigenvalue weighted by Crippen LogP contribution is 2.26. The molecule has 0 aliphatic carbocycles. The van der Waals surface area contributed by atoms with Gasteiger partial charge in [0.05, 0.1) is 12.0 Å². The van der Waals surface area contributed by atoms with E-state index >= 15 is 0 Å². The number of alkyl carbamates (subject to hydrolysis) is 1. The zero-order chi connectivity index (χ0) is 14.7. The summed E-state index contributed by atoms with van der Waals surface area (Å²) in [5.74, 6) is -0.902. The predicted molar refractivity (Wildman–Crippen MR) is 71.1 cm³/mol. The molecule has 2 N–H and O–H groups in total. The molecular weight excluding hydrogens is 248 g/mol. The van der Waals surface area contributed by atoms with Gasteiger partial charge in [-0.3, -0.25) is 4.79 Å². The van der Waals surface area contributed by atoms with E-state index in [1.807, 2.05) is 7.05 Å². The third-order valence-electron chi connectivity index (χ3n) is 3.20. The van der Waals surface area contributed by atoms with E-state index in [9.17, 15) is 9.59 Å². The minimum Gasteiger partial charge on any atom is -0.481 e. The van der Waals surface area contributed by atoms with Crippen molar-refractivity contribution in [2.24, 2.45) is 0 Å². The summed E-state index contributed by atoms with van der Waals surface area (Å²) in [5.41, 5.74) is -1.28. The van der Waals surface area contributed by atoms with Crippen LogP contribution in [0.15, 0.2) is 0 Å². The molecule has 0 bridgehead atoms.